The van der Waals surface area contributed by atoms with Crippen LogP contribution in [0.5, 0.6) is 0 Å². The molecule has 0 amide bonds. The van der Waals surface area contributed by atoms with Crippen molar-refractivity contribution in [1.29, 1.82) is 0 Å². The van der Waals surface area contributed by atoms with Crippen LogP contribution in [-0.2, 0) is 33.4 Å². The zero-order chi connectivity index (χ0) is 35.2. The molecule has 0 radical (unpaired) electrons. The normalized spacial score (nSPS) is 36.2. The minimum atomic E-state index is -5.08. The second-order valence-corrected chi connectivity index (χ2v) is 13.7. The van der Waals surface area contributed by atoms with Gasteiger partial charge in [0.15, 0.2) is 11.4 Å². The summed E-state index contributed by atoms with van der Waals surface area (Å²) in [5, 5.41) is 29.7. The molecule has 4 aliphatic carbocycles. The van der Waals surface area contributed by atoms with Crippen LogP contribution in [-0.4, -0.2) is 75.0 Å². The quantitative estimate of drug-likeness (QED) is 0.232. The summed E-state index contributed by atoms with van der Waals surface area (Å²) in [4.78, 5) is 60.3. The number of hydrogen-bond acceptors (Lipinski definition) is 10. The number of Topliss-reactive ketones (excluding diaryl/α,β-unsaturated/α-hetero) is 1. The summed E-state index contributed by atoms with van der Waals surface area (Å²) in [6.07, 6.45) is -1.40. The fourth-order valence-electron chi connectivity index (χ4n) is 8.34. The third kappa shape index (κ3) is 6.52. The van der Waals surface area contributed by atoms with Crippen LogP contribution in [0.4, 0.5) is 13.2 Å². The molecule has 1 unspecified atom stereocenters. The van der Waals surface area contributed by atoms with Gasteiger partial charge in [0.2, 0.25) is 5.78 Å². The lowest BCUT2D eigenvalue weighted by Gasteiger charge is -2.61. The van der Waals surface area contributed by atoms with E-state index in [9.17, 15) is 42.6 Å². The number of aliphatic carboxylic acids is 1. The Hall–Kier alpha value is -3.10. The molecule has 5 N–H and O–H groups in total. The first-order valence-corrected chi connectivity index (χ1v) is 15.4. The minimum Gasteiger partial charge on any atom is -0.475 e. The SMILES string of the molecule is CCC(=O)O[C@]1(C(=O)C(O)OC(=O)[C@@H](N)C(C)C)CC[C@H]2[C@@H]3C[C@H](C)C4=CC(=O)C=C[C@]4(C)[C@H]3[C@@H](O)C[C@@]21C.O=C(O)C(F)(F)F. The number of rotatable bonds is 7. The van der Waals surface area contributed by atoms with E-state index in [1.54, 1.807) is 32.9 Å². The van der Waals surface area contributed by atoms with Gasteiger partial charge in [0.1, 0.15) is 6.04 Å². The lowest BCUT2D eigenvalue weighted by molar-refractivity contribution is -0.215. The van der Waals surface area contributed by atoms with Gasteiger partial charge in [-0.1, -0.05) is 53.2 Å². The molecule has 11 nitrogen and oxygen atoms in total. The Balaban J connectivity index is 0.000000738. The zero-order valence-corrected chi connectivity index (χ0v) is 26.8. The van der Waals surface area contributed by atoms with E-state index < -0.39 is 64.7 Å². The molecule has 0 bridgehead atoms. The van der Waals surface area contributed by atoms with E-state index in [0.29, 0.717) is 12.8 Å². The van der Waals surface area contributed by atoms with Gasteiger partial charge in [-0.2, -0.15) is 13.2 Å². The van der Waals surface area contributed by atoms with E-state index in [1.807, 2.05) is 13.0 Å². The maximum absolute atomic E-state index is 14.0. The van der Waals surface area contributed by atoms with Crippen LogP contribution in [0.25, 0.3) is 0 Å². The number of allylic oxidation sites excluding steroid dienone is 4. The number of esters is 2. The van der Waals surface area contributed by atoms with Crippen LogP contribution in [0, 0.1) is 40.4 Å². The summed E-state index contributed by atoms with van der Waals surface area (Å²) in [5.74, 6) is -5.78. The number of ether oxygens (including phenoxy) is 2. The van der Waals surface area contributed by atoms with Crippen molar-refractivity contribution in [1.82, 2.24) is 0 Å². The van der Waals surface area contributed by atoms with Gasteiger partial charge in [-0.15, -0.1) is 0 Å². The molecule has 0 heterocycles. The maximum Gasteiger partial charge on any atom is 0.490 e. The third-order valence-electron chi connectivity index (χ3n) is 10.6. The third-order valence-corrected chi connectivity index (χ3v) is 10.6. The first kappa shape index (κ1) is 37.4. The summed E-state index contributed by atoms with van der Waals surface area (Å²) in [6.45, 7) is 11.0. The topological polar surface area (TPSA) is 191 Å². The summed E-state index contributed by atoms with van der Waals surface area (Å²) in [5.41, 5.74) is 3.56. The lowest BCUT2D eigenvalue weighted by atomic mass is 9.44. The molecule has 0 aliphatic heterocycles. The number of nitrogens with two attached hydrogens (primary N) is 1. The second-order valence-electron chi connectivity index (χ2n) is 13.7. The van der Waals surface area contributed by atoms with Crippen molar-refractivity contribution in [3.63, 3.8) is 0 Å². The molecule has 3 saturated carbocycles. The first-order valence-electron chi connectivity index (χ1n) is 15.4. The number of halogens is 3. The number of aliphatic hydroxyl groups is 2. The van der Waals surface area contributed by atoms with Gasteiger partial charge in [0.05, 0.1) is 6.10 Å². The molecular formula is C32H44F3NO10. The summed E-state index contributed by atoms with van der Waals surface area (Å²) < 4.78 is 42.8. The molecule has 46 heavy (non-hydrogen) atoms. The Labute approximate surface area is 265 Å². The molecule has 0 aromatic carbocycles. The van der Waals surface area contributed by atoms with Crippen molar-refractivity contribution in [2.75, 3.05) is 0 Å². The lowest BCUT2D eigenvalue weighted by Crippen LogP contribution is -2.64. The highest BCUT2D eigenvalue weighted by Gasteiger charge is 2.71. The smallest absolute Gasteiger partial charge is 0.475 e. The Morgan fingerprint density at radius 1 is 1.17 bits per heavy atom. The van der Waals surface area contributed by atoms with E-state index in [0.717, 1.165) is 5.57 Å². The van der Waals surface area contributed by atoms with Crippen molar-refractivity contribution in [3.05, 3.63) is 23.8 Å². The molecule has 0 spiro atoms. The Bertz CT molecular complexity index is 1310. The number of carbonyl (C=O) groups excluding carboxylic acids is 4. The number of carbonyl (C=O) groups is 5. The molecule has 3 fully saturated rings. The van der Waals surface area contributed by atoms with E-state index >= 15 is 0 Å². The summed E-state index contributed by atoms with van der Waals surface area (Å²) in [6, 6.07) is -1.03. The van der Waals surface area contributed by atoms with Crippen molar-refractivity contribution in [3.8, 4) is 0 Å². The fourth-order valence-corrected chi connectivity index (χ4v) is 8.34. The number of carboxylic acids is 1. The Morgan fingerprint density at radius 3 is 2.28 bits per heavy atom. The molecule has 14 heteroatoms. The largest absolute Gasteiger partial charge is 0.490 e. The van der Waals surface area contributed by atoms with Gasteiger partial charge in [0.25, 0.3) is 6.29 Å². The highest BCUT2D eigenvalue weighted by atomic mass is 19.4. The molecule has 10 atom stereocenters. The van der Waals surface area contributed by atoms with E-state index in [4.69, 9.17) is 25.1 Å². The fraction of sp³-hybridized carbons (Fsp3) is 0.719. The first-order chi connectivity index (χ1) is 21.1. The van der Waals surface area contributed by atoms with Gasteiger partial charge in [-0.05, 0) is 61.5 Å². The van der Waals surface area contributed by atoms with Crippen molar-refractivity contribution >= 4 is 29.5 Å². The summed E-state index contributed by atoms with van der Waals surface area (Å²) >= 11 is 0. The maximum atomic E-state index is 14.0. The summed E-state index contributed by atoms with van der Waals surface area (Å²) in [7, 11) is 0. The average molecular weight is 660 g/mol. The van der Waals surface area contributed by atoms with Gasteiger partial charge >= 0.3 is 24.1 Å². The molecule has 4 rings (SSSR count). The number of aliphatic hydroxyl groups excluding tert-OH is 2. The Morgan fingerprint density at radius 2 is 1.76 bits per heavy atom. The number of fused-ring (bicyclic) bond motifs is 5. The predicted octanol–water partition coefficient (Wildman–Crippen LogP) is 3.25. The van der Waals surface area contributed by atoms with Crippen molar-refractivity contribution < 1.29 is 61.9 Å². The van der Waals surface area contributed by atoms with E-state index in [-0.39, 0.29) is 54.6 Å². The highest BCUT2D eigenvalue weighted by Crippen LogP contribution is 2.68. The van der Waals surface area contributed by atoms with Crippen LogP contribution in [0.1, 0.15) is 73.6 Å². The number of ketones is 2. The van der Waals surface area contributed by atoms with E-state index in [1.165, 1.54) is 0 Å². The number of hydrogen-bond donors (Lipinski definition) is 4. The van der Waals surface area contributed by atoms with Gasteiger partial charge in [-0.3, -0.25) is 19.2 Å². The van der Waals surface area contributed by atoms with Crippen LogP contribution in [0.3, 0.4) is 0 Å². The Kier molecular flexibility index (Phi) is 10.7. The molecule has 258 valence electrons. The molecule has 0 aromatic heterocycles. The standard InChI is InChI=1S/C30H43NO8.C2HF3O2/c1-7-22(34)39-30(25(35)27(37)38-26(36)24(31)15(2)3)11-9-19-18-12-16(4)20-13-17(32)8-10-28(20,5)23(18)21(33)14-29(19,30)6;3-2(4,5)1(6)7/h8,10,13,15-16,18-19,21,23-24,27,33,37H,7,9,11-12,14,31H2,1-6H3;(H,6,7)/t16-,18-,19-,21-,23+,24-,27?,28-,29-,30-;/m0./s1. The highest BCUT2D eigenvalue weighted by molar-refractivity contribution is 6.01. The molecular weight excluding hydrogens is 615 g/mol. The van der Waals surface area contributed by atoms with Crippen molar-refractivity contribution in [2.24, 2.45) is 46.2 Å². The van der Waals surface area contributed by atoms with Crippen LogP contribution in [0.2, 0.25) is 0 Å². The molecule has 4 aliphatic rings. The van der Waals surface area contributed by atoms with Gasteiger partial charge in [-0.25, -0.2) is 4.79 Å². The number of alkyl halides is 3. The van der Waals surface area contributed by atoms with Crippen molar-refractivity contribution in [2.45, 2.75) is 104 Å². The predicted molar refractivity (Wildman–Crippen MR) is 155 cm³/mol. The van der Waals surface area contributed by atoms with Gasteiger partial charge < -0.3 is 30.5 Å². The number of carboxylic acid groups (broad SMARTS) is 1. The molecule has 0 aromatic rings. The minimum absolute atomic E-state index is 0.0145. The van der Waals surface area contributed by atoms with Crippen LogP contribution < -0.4 is 5.73 Å². The van der Waals surface area contributed by atoms with Gasteiger partial charge in [0, 0.05) is 23.2 Å². The molecule has 0 saturated heterocycles. The van der Waals surface area contributed by atoms with Crippen LogP contribution in [0.15, 0.2) is 23.8 Å². The average Bonchev–Trinajstić information content (AvgIpc) is 3.24. The zero-order valence-electron chi connectivity index (χ0n) is 26.8. The second kappa shape index (κ2) is 13.2. The monoisotopic (exact) mass is 659 g/mol. The van der Waals surface area contributed by atoms with E-state index in [2.05, 4.69) is 13.8 Å². The van der Waals surface area contributed by atoms with Crippen LogP contribution >= 0.6 is 0 Å².